The van der Waals surface area contributed by atoms with E-state index in [0.717, 1.165) is 25.5 Å². The first-order valence-electron chi connectivity index (χ1n) is 7.71. The van der Waals surface area contributed by atoms with E-state index in [4.69, 9.17) is 4.74 Å². The van der Waals surface area contributed by atoms with Crippen molar-refractivity contribution in [3.05, 3.63) is 18.6 Å². The number of carbonyl (C=O) groups is 1. The summed E-state index contributed by atoms with van der Waals surface area (Å²) in [4.78, 5) is 27.4. The molecule has 120 valence electrons. The van der Waals surface area contributed by atoms with Gasteiger partial charge in [0.1, 0.15) is 5.82 Å². The molecule has 0 spiro atoms. The molecule has 2 fully saturated rings. The maximum atomic E-state index is 12.8. The van der Waals surface area contributed by atoms with Crippen LogP contribution in [-0.4, -0.2) is 84.2 Å². The van der Waals surface area contributed by atoms with Gasteiger partial charge in [0.15, 0.2) is 5.60 Å². The Hall–Kier alpha value is -1.73. The number of hydrogen-bond donors (Lipinski definition) is 0. The fraction of sp³-hybridized carbons (Fsp3) is 0.667. The molecule has 2 saturated heterocycles. The monoisotopic (exact) mass is 305 g/mol. The number of aromatic nitrogens is 2. The first-order valence-corrected chi connectivity index (χ1v) is 7.71. The van der Waals surface area contributed by atoms with Crippen LogP contribution in [0.3, 0.4) is 0 Å². The van der Waals surface area contributed by atoms with E-state index in [1.807, 2.05) is 18.9 Å². The number of hydrogen-bond acceptors (Lipinski definition) is 6. The number of rotatable bonds is 2. The van der Waals surface area contributed by atoms with Gasteiger partial charge in [0.05, 0.1) is 12.8 Å². The zero-order valence-electron chi connectivity index (χ0n) is 13.2. The van der Waals surface area contributed by atoms with Gasteiger partial charge in [-0.1, -0.05) is 0 Å². The molecular weight excluding hydrogens is 282 g/mol. The highest BCUT2D eigenvalue weighted by Gasteiger charge is 2.41. The van der Waals surface area contributed by atoms with Gasteiger partial charge in [0.25, 0.3) is 5.91 Å². The Morgan fingerprint density at radius 2 is 2.00 bits per heavy atom. The van der Waals surface area contributed by atoms with Gasteiger partial charge in [-0.15, -0.1) is 0 Å². The van der Waals surface area contributed by atoms with Gasteiger partial charge in [-0.25, -0.2) is 4.98 Å². The molecule has 0 saturated carbocycles. The second-order valence-corrected chi connectivity index (χ2v) is 6.16. The molecule has 7 nitrogen and oxygen atoms in total. The number of nitrogens with zero attached hydrogens (tertiary/aromatic N) is 5. The second-order valence-electron chi connectivity index (χ2n) is 6.16. The molecule has 1 atom stereocenters. The predicted molar refractivity (Wildman–Crippen MR) is 82.7 cm³/mol. The Bertz CT molecular complexity index is 518. The number of anilines is 1. The Morgan fingerprint density at radius 3 is 2.64 bits per heavy atom. The molecule has 2 aliphatic heterocycles. The summed E-state index contributed by atoms with van der Waals surface area (Å²) in [5, 5.41) is 0. The Labute approximate surface area is 130 Å². The smallest absolute Gasteiger partial charge is 0.255 e. The minimum atomic E-state index is -0.721. The van der Waals surface area contributed by atoms with E-state index >= 15 is 0 Å². The second kappa shape index (κ2) is 6.18. The standard InChI is InChI=1S/C15H23N5O2/c1-15(12-18(2)9-10-22-15)14(21)20-7-5-19(6-8-20)13-11-16-3-4-17-13/h3-4,11H,5-10,12H2,1-2H3/t15-/m0/s1. The van der Waals surface area contributed by atoms with Crippen LogP contribution in [0.4, 0.5) is 5.82 Å². The summed E-state index contributed by atoms with van der Waals surface area (Å²) in [7, 11) is 2.03. The van der Waals surface area contributed by atoms with E-state index in [9.17, 15) is 4.79 Å². The van der Waals surface area contributed by atoms with Gasteiger partial charge in [-0.2, -0.15) is 0 Å². The van der Waals surface area contributed by atoms with E-state index in [1.165, 1.54) is 0 Å². The quantitative estimate of drug-likeness (QED) is 0.757. The van der Waals surface area contributed by atoms with Crippen molar-refractivity contribution in [2.75, 3.05) is 57.8 Å². The van der Waals surface area contributed by atoms with Crippen LogP contribution in [-0.2, 0) is 9.53 Å². The van der Waals surface area contributed by atoms with Crippen molar-refractivity contribution in [3.8, 4) is 0 Å². The lowest BCUT2D eigenvalue weighted by molar-refractivity contribution is -0.166. The van der Waals surface area contributed by atoms with Gasteiger partial charge in [0.2, 0.25) is 0 Å². The SMILES string of the molecule is CN1CCO[C@](C)(C(=O)N2CCN(c3cnccn3)CC2)C1. The van der Waals surface area contributed by atoms with Crippen LogP contribution >= 0.6 is 0 Å². The first-order chi connectivity index (χ1) is 10.6. The Morgan fingerprint density at radius 1 is 1.23 bits per heavy atom. The average molecular weight is 305 g/mol. The molecule has 0 radical (unpaired) electrons. The molecule has 3 rings (SSSR count). The minimum absolute atomic E-state index is 0.0952. The molecule has 0 unspecified atom stereocenters. The Kier molecular flexibility index (Phi) is 4.26. The Balaban J connectivity index is 1.60. The molecule has 0 aliphatic carbocycles. The third-order valence-corrected chi connectivity index (χ3v) is 4.36. The lowest BCUT2D eigenvalue weighted by Gasteiger charge is -2.43. The largest absolute Gasteiger partial charge is 0.363 e. The van der Waals surface area contributed by atoms with Crippen molar-refractivity contribution in [3.63, 3.8) is 0 Å². The summed E-state index contributed by atoms with van der Waals surface area (Å²) in [6, 6.07) is 0. The third-order valence-electron chi connectivity index (χ3n) is 4.36. The van der Waals surface area contributed by atoms with Gasteiger partial charge in [-0.3, -0.25) is 9.78 Å². The summed E-state index contributed by atoms with van der Waals surface area (Å²) < 4.78 is 5.79. The molecule has 3 heterocycles. The van der Waals surface area contributed by atoms with E-state index in [0.29, 0.717) is 26.2 Å². The average Bonchev–Trinajstić information content (AvgIpc) is 2.55. The lowest BCUT2D eigenvalue weighted by Crippen LogP contribution is -2.61. The highest BCUT2D eigenvalue weighted by molar-refractivity contribution is 5.85. The van der Waals surface area contributed by atoms with Crippen LogP contribution in [0.2, 0.25) is 0 Å². The summed E-state index contributed by atoms with van der Waals surface area (Å²) in [6.07, 6.45) is 5.12. The van der Waals surface area contributed by atoms with Crippen molar-refractivity contribution in [1.82, 2.24) is 19.8 Å². The molecule has 0 bridgehead atoms. The van der Waals surface area contributed by atoms with Crippen molar-refractivity contribution in [1.29, 1.82) is 0 Å². The molecule has 0 aromatic carbocycles. The molecule has 2 aliphatic rings. The predicted octanol–water partition coefficient (Wildman–Crippen LogP) is -0.154. The van der Waals surface area contributed by atoms with Crippen LogP contribution in [0.15, 0.2) is 18.6 Å². The van der Waals surface area contributed by atoms with Gasteiger partial charge < -0.3 is 19.4 Å². The molecule has 1 aromatic rings. The van der Waals surface area contributed by atoms with E-state index < -0.39 is 5.60 Å². The molecular formula is C15H23N5O2. The third kappa shape index (κ3) is 3.05. The van der Waals surface area contributed by atoms with Crippen LogP contribution < -0.4 is 4.90 Å². The number of piperazine rings is 1. The zero-order valence-corrected chi connectivity index (χ0v) is 13.2. The van der Waals surface area contributed by atoms with Crippen molar-refractivity contribution < 1.29 is 9.53 Å². The molecule has 22 heavy (non-hydrogen) atoms. The number of likely N-dealkylation sites (N-methyl/N-ethyl adjacent to an activating group) is 1. The summed E-state index contributed by atoms with van der Waals surface area (Å²) in [5.74, 6) is 0.965. The van der Waals surface area contributed by atoms with Crippen LogP contribution in [0.5, 0.6) is 0 Å². The topological polar surface area (TPSA) is 61.8 Å². The van der Waals surface area contributed by atoms with Crippen LogP contribution in [0.1, 0.15) is 6.92 Å². The number of amides is 1. The lowest BCUT2D eigenvalue weighted by atomic mass is 10.0. The van der Waals surface area contributed by atoms with Gasteiger partial charge in [0, 0.05) is 51.7 Å². The maximum Gasteiger partial charge on any atom is 0.255 e. The highest BCUT2D eigenvalue weighted by atomic mass is 16.5. The zero-order chi connectivity index (χ0) is 15.6. The van der Waals surface area contributed by atoms with Gasteiger partial charge in [-0.05, 0) is 14.0 Å². The molecule has 1 amide bonds. The van der Waals surface area contributed by atoms with Gasteiger partial charge >= 0.3 is 0 Å². The van der Waals surface area contributed by atoms with Crippen LogP contribution in [0, 0.1) is 0 Å². The fourth-order valence-corrected chi connectivity index (χ4v) is 3.12. The molecule has 0 N–H and O–H groups in total. The van der Waals surface area contributed by atoms with Crippen molar-refractivity contribution in [2.24, 2.45) is 0 Å². The normalized spacial score (nSPS) is 27.0. The van der Waals surface area contributed by atoms with Crippen molar-refractivity contribution >= 4 is 11.7 Å². The number of ether oxygens (including phenoxy) is 1. The highest BCUT2D eigenvalue weighted by Crippen LogP contribution is 2.21. The van der Waals surface area contributed by atoms with Crippen molar-refractivity contribution in [2.45, 2.75) is 12.5 Å². The first kappa shape index (κ1) is 15.2. The summed E-state index contributed by atoms with van der Waals surface area (Å²) in [6.45, 7) is 6.97. The fourth-order valence-electron chi connectivity index (χ4n) is 3.12. The van der Waals surface area contributed by atoms with E-state index in [-0.39, 0.29) is 5.91 Å². The number of morpholine rings is 1. The number of carbonyl (C=O) groups excluding carboxylic acids is 1. The van der Waals surface area contributed by atoms with Crippen LogP contribution in [0.25, 0.3) is 0 Å². The molecule has 1 aromatic heterocycles. The summed E-state index contributed by atoms with van der Waals surface area (Å²) >= 11 is 0. The minimum Gasteiger partial charge on any atom is -0.363 e. The maximum absolute atomic E-state index is 12.8. The van der Waals surface area contributed by atoms with E-state index in [1.54, 1.807) is 18.6 Å². The molecule has 7 heteroatoms. The summed E-state index contributed by atoms with van der Waals surface area (Å²) in [5.41, 5.74) is -0.721. The van der Waals surface area contributed by atoms with E-state index in [2.05, 4.69) is 19.8 Å².